The van der Waals surface area contributed by atoms with Crippen molar-refractivity contribution >= 4 is 5.96 Å². The lowest BCUT2D eigenvalue weighted by atomic mass is 10.0. The second-order valence-corrected chi connectivity index (χ2v) is 6.03. The van der Waals surface area contributed by atoms with Crippen LogP contribution < -0.4 is 15.4 Å². The molecule has 25 heavy (non-hydrogen) atoms. The van der Waals surface area contributed by atoms with Crippen LogP contribution in [-0.4, -0.2) is 26.7 Å². The fraction of sp³-hybridized carbons (Fsp3) is 0.350. The van der Waals surface area contributed by atoms with E-state index in [-0.39, 0.29) is 11.7 Å². The highest BCUT2D eigenvalue weighted by Gasteiger charge is 2.11. The molecule has 0 heterocycles. The summed E-state index contributed by atoms with van der Waals surface area (Å²) in [4.78, 5) is 4.22. The van der Waals surface area contributed by atoms with Crippen molar-refractivity contribution in [2.24, 2.45) is 4.99 Å². The number of methoxy groups -OCH3 is 1. The van der Waals surface area contributed by atoms with Crippen molar-refractivity contribution in [3.63, 3.8) is 0 Å². The summed E-state index contributed by atoms with van der Waals surface area (Å²) in [6.45, 7) is 5.11. The summed E-state index contributed by atoms with van der Waals surface area (Å²) in [5, 5.41) is 6.51. The van der Waals surface area contributed by atoms with Crippen LogP contribution in [0.1, 0.15) is 29.5 Å². The van der Waals surface area contributed by atoms with Crippen LogP contribution in [0.4, 0.5) is 4.39 Å². The summed E-state index contributed by atoms with van der Waals surface area (Å²) in [6.07, 6.45) is 0. The summed E-state index contributed by atoms with van der Waals surface area (Å²) in [6, 6.07) is 13.2. The fourth-order valence-corrected chi connectivity index (χ4v) is 2.59. The van der Waals surface area contributed by atoms with Crippen molar-refractivity contribution in [2.75, 3.05) is 20.7 Å². The van der Waals surface area contributed by atoms with Gasteiger partial charge in [0.1, 0.15) is 11.6 Å². The Balaban J connectivity index is 1.90. The molecule has 0 aliphatic carbocycles. The van der Waals surface area contributed by atoms with Gasteiger partial charge in [-0.25, -0.2) is 4.39 Å². The molecule has 134 valence electrons. The molecular weight excluding hydrogens is 317 g/mol. The number of benzene rings is 2. The molecule has 2 aromatic carbocycles. The van der Waals surface area contributed by atoms with Crippen molar-refractivity contribution in [1.82, 2.24) is 10.6 Å². The van der Waals surface area contributed by atoms with Crippen molar-refractivity contribution in [3.05, 3.63) is 65.0 Å². The molecule has 0 saturated heterocycles. The maximum atomic E-state index is 13.6. The van der Waals surface area contributed by atoms with Gasteiger partial charge in [0.2, 0.25) is 0 Å². The molecule has 0 fully saturated rings. The second kappa shape index (κ2) is 9.06. The lowest BCUT2D eigenvalue weighted by Crippen LogP contribution is -2.38. The van der Waals surface area contributed by atoms with Gasteiger partial charge >= 0.3 is 0 Å². The smallest absolute Gasteiger partial charge is 0.191 e. The Bertz CT molecular complexity index is 731. The average Bonchev–Trinajstić information content (AvgIpc) is 2.64. The van der Waals surface area contributed by atoms with Crippen LogP contribution in [0.15, 0.2) is 47.5 Å². The van der Waals surface area contributed by atoms with E-state index in [4.69, 9.17) is 4.74 Å². The minimum absolute atomic E-state index is 0.188. The van der Waals surface area contributed by atoms with Crippen molar-refractivity contribution < 1.29 is 9.13 Å². The highest BCUT2D eigenvalue weighted by atomic mass is 19.1. The monoisotopic (exact) mass is 343 g/mol. The molecule has 0 amide bonds. The van der Waals surface area contributed by atoms with Crippen LogP contribution in [0.5, 0.6) is 5.75 Å². The zero-order valence-corrected chi connectivity index (χ0v) is 15.3. The number of guanidine groups is 1. The third kappa shape index (κ3) is 5.21. The first-order valence-corrected chi connectivity index (χ1v) is 8.37. The maximum absolute atomic E-state index is 13.6. The Hall–Kier alpha value is -2.56. The largest absolute Gasteiger partial charge is 0.496 e. The Morgan fingerprint density at radius 1 is 1.20 bits per heavy atom. The van der Waals surface area contributed by atoms with Crippen LogP contribution in [0.3, 0.4) is 0 Å². The molecule has 0 spiro atoms. The van der Waals surface area contributed by atoms with E-state index in [1.165, 1.54) is 0 Å². The summed E-state index contributed by atoms with van der Waals surface area (Å²) in [5.74, 6) is 1.64. The number of aliphatic imine (C=N–C) groups is 1. The van der Waals surface area contributed by atoms with Gasteiger partial charge < -0.3 is 15.4 Å². The Kier molecular flexibility index (Phi) is 6.81. The van der Waals surface area contributed by atoms with E-state index in [9.17, 15) is 4.39 Å². The van der Waals surface area contributed by atoms with E-state index in [1.54, 1.807) is 33.2 Å². The van der Waals surface area contributed by atoms with Gasteiger partial charge in [0.25, 0.3) is 0 Å². The summed E-state index contributed by atoms with van der Waals surface area (Å²) < 4.78 is 19.0. The third-order valence-electron chi connectivity index (χ3n) is 4.17. The summed E-state index contributed by atoms with van der Waals surface area (Å²) in [7, 11) is 3.40. The zero-order chi connectivity index (χ0) is 18.2. The molecular formula is C20H26FN3O. The van der Waals surface area contributed by atoms with E-state index in [0.29, 0.717) is 24.6 Å². The molecule has 0 bridgehead atoms. The van der Waals surface area contributed by atoms with Gasteiger partial charge in [-0.05, 0) is 35.7 Å². The number of nitrogens with one attached hydrogen (secondary N) is 2. The van der Waals surface area contributed by atoms with E-state index < -0.39 is 0 Å². The third-order valence-corrected chi connectivity index (χ3v) is 4.17. The quantitative estimate of drug-likeness (QED) is 0.622. The lowest BCUT2D eigenvalue weighted by molar-refractivity contribution is 0.406. The van der Waals surface area contributed by atoms with E-state index in [2.05, 4.69) is 28.6 Å². The van der Waals surface area contributed by atoms with E-state index in [0.717, 1.165) is 16.9 Å². The molecule has 0 aliphatic heterocycles. The highest BCUT2D eigenvalue weighted by Crippen LogP contribution is 2.25. The predicted octanol–water partition coefficient (Wildman–Crippen LogP) is 3.61. The van der Waals surface area contributed by atoms with Gasteiger partial charge in [-0.3, -0.25) is 4.99 Å². The number of nitrogens with zero attached hydrogens (tertiary/aromatic N) is 1. The van der Waals surface area contributed by atoms with Crippen LogP contribution in [0.2, 0.25) is 0 Å². The molecule has 2 rings (SSSR count). The van der Waals surface area contributed by atoms with Gasteiger partial charge in [-0.1, -0.05) is 37.3 Å². The van der Waals surface area contributed by atoms with Crippen LogP contribution in [-0.2, 0) is 6.54 Å². The second-order valence-electron chi connectivity index (χ2n) is 6.03. The highest BCUT2D eigenvalue weighted by molar-refractivity contribution is 5.79. The van der Waals surface area contributed by atoms with Crippen molar-refractivity contribution in [3.8, 4) is 5.75 Å². The number of rotatable bonds is 6. The van der Waals surface area contributed by atoms with Gasteiger partial charge in [0.15, 0.2) is 5.96 Å². The summed E-state index contributed by atoms with van der Waals surface area (Å²) in [5.41, 5.74) is 2.68. The number of ether oxygens (including phenoxy) is 1. The molecule has 1 unspecified atom stereocenters. The molecule has 5 heteroatoms. The average molecular weight is 343 g/mol. The number of hydrogen-bond donors (Lipinski definition) is 2. The number of para-hydroxylation sites is 1. The first-order chi connectivity index (χ1) is 12.0. The van der Waals surface area contributed by atoms with E-state index in [1.807, 2.05) is 24.3 Å². The van der Waals surface area contributed by atoms with Gasteiger partial charge in [0.05, 0.1) is 7.11 Å². The molecule has 1 atom stereocenters. The SMILES string of the molecule is CN=C(NCc1ccc(C)c(F)c1)NCC(C)c1ccccc1OC. The Labute approximate surface area is 149 Å². The first kappa shape index (κ1) is 18.8. The maximum Gasteiger partial charge on any atom is 0.191 e. The Morgan fingerprint density at radius 3 is 2.64 bits per heavy atom. The summed E-state index contributed by atoms with van der Waals surface area (Å²) >= 11 is 0. The molecule has 4 nitrogen and oxygen atoms in total. The topological polar surface area (TPSA) is 45.7 Å². The molecule has 2 aromatic rings. The molecule has 0 saturated carbocycles. The predicted molar refractivity (Wildman–Crippen MR) is 101 cm³/mol. The Morgan fingerprint density at radius 2 is 1.96 bits per heavy atom. The minimum atomic E-state index is -0.188. The first-order valence-electron chi connectivity index (χ1n) is 8.37. The number of aryl methyl sites for hydroxylation is 1. The van der Waals surface area contributed by atoms with Crippen LogP contribution >= 0.6 is 0 Å². The standard InChI is InChI=1S/C20H26FN3O/c1-14-9-10-16(11-18(14)21)13-24-20(22-3)23-12-15(2)17-7-5-6-8-19(17)25-4/h5-11,15H,12-13H2,1-4H3,(H2,22,23,24). The minimum Gasteiger partial charge on any atom is -0.496 e. The van der Waals surface area contributed by atoms with Crippen LogP contribution in [0, 0.1) is 12.7 Å². The number of hydrogen-bond acceptors (Lipinski definition) is 2. The van der Waals surface area contributed by atoms with Gasteiger partial charge in [-0.2, -0.15) is 0 Å². The molecule has 0 aliphatic rings. The number of halogens is 1. The van der Waals surface area contributed by atoms with Crippen LogP contribution in [0.25, 0.3) is 0 Å². The zero-order valence-electron chi connectivity index (χ0n) is 15.3. The normalized spacial score (nSPS) is 12.6. The van der Waals surface area contributed by atoms with Gasteiger partial charge in [-0.15, -0.1) is 0 Å². The van der Waals surface area contributed by atoms with Gasteiger partial charge in [0, 0.05) is 26.1 Å². The molecule has 0 aromatic heterocycles. The van der Waals surface area contributed by atoms with E-state index >= 15 is 0 Å². The lowest BCUT2D eigenvalue weighted by Gasteiger charge is -2.18. The van der Waals surface area contributed by atoms with Crippen molar-refractivity contribution in [2.45, 2.75) is 26.3 Å². The molecule has 0 radical (unpaired) electrons. The fourth-order valence-electron chi connectivity index (χ4n) is 2.59. The van der Waals surface area contributed by atoms with Crippen molar-refractivity contribution in [1.29, 1.82) is 0 Å². The molecule has 2 N–H and O–H groups in total.